The van der Waals surface area contributed by atoms with Crippen LogP contribution in [0.25, 0.3) is 117 Å². The summed E-state index contributed by atoms with van der Waals surface area (Å²) < 4.78 is 28.0. The van der Waals surface area contributed by atoms with Crippen LogP contribution in [0.5, 0.6) is 34.5 Å². The van der Waals surface area contributed by atoms with Crippen molar-refractivity contribution in [3.05, 3.63) is 346 Å². The van der Waals surface area contributed by atoms with E-state index in [0.29, 0.717) is 11.5 Å². The molecule has 462 valence electrons. The van der Waals surface area contributed by atoms with E-state index in [-0.39, 0.29) is 6.71 Å². The minimum absolute atomic E-state index is 0.115. The molecule has 3 aliphatic rings. The second-order valence-electron chi connectivity index (χ2n) is 25.5. The molecule has 0 saturated heterocycles. The summed E-state index contributed by atoms with van der Waals surface area (Å²) in [6.45, 7) is -0.115. The molecule has 0 atom stereocenters. The van der Waals surface area contributed by atoms with Crippen molar-refractivity contribution in [3.8, 4) is 118 Å². The normalized spacial score (nSPS) is 12.4. The van der Waals surface area contributed by atoms with Crippen LogP contribution in [0.3, 0.4) is 0 Å². The number of benzene rings is 14. The minimum Gasteiger partial charge on any atom is -0.458 e. The summed E-state index contributed by atoms with van der Waals surface area (Å²) in [6.07, 6.45) is 5.85. The average molecular weight is 1270 g/mol. The topological polar surface area (TPSA) is 57.6 Å². The Labute approximate surface area is 572 Å². The Morgan fingerprint density at radius 2 is 0.848 bits per heavy atom. The Hall–Kier alpha value is -13.2. The highest BCUT2D eigenvalue weighted by Gasteiger charge is 2.48. The first-order valence-corrected chi connectivity index (χ1v) is 33.5. The van der Waals surface area contributed by atoms with Gasteiger partial charge in [-0.15, -0.1) is 0 Å². The predicted octanol–water partition coefficient (Wildman–Crippen LogP) is 20.5. The van der Waals surface area contributed by atoms with Gasteiger partial charge in [-0.2, -0.15) is 0 Å². The standard InChI is InChI=1S/C90H56BN5O3/c1-6-24-58(25-7-1)62-48-63(59-26-8-2-9-27-59)51-66(50-62)73-38-20-39-74(67-52-64(60-28-10-3-11-29-60)49-65(53-67)61-30-12-4-13-31-61)88(73)94-57-93(76-41-16-17-42-77(76)94)69-34-18-36-71(54-69)97-72-37-19-35-70(55-72)96-80-56-83-87-89(84(80)75-40-23-47-92-90(75)96)99-82-46-22-44-79-86(82)91(87)85-78(43-21-45-81(85)98-83)95(79)68-32-14-5-15-33-68/h1-56H. The molecule has 8 nitrogen and oxygen atoms in total. The number of pyridine rings is 1. The fourth-order valence-electron chi connectivity index (χ4n) is 15.5. The number of hydrogen-bond acceptors (Lipinski definition) is 5. The summed E-state index contributed by atoms with van der Waals surface area (Å²) in [5.41, 5.74) is 26.3. The van der Waals surface area contributed by atoms with Crippen LogP contribution in [-0.2, 0) is 0 Å². The SMILES string of the molecule is [c-]1n(-c2cccc(Oc3cccc(-n4c5cc6c7c(c5c5cccnc54)Oc4cccc5c4B7c4c(cccc4N5c4ccccc4)O6)c3)c2)c2ccccc2[n+]1-c1c(-c2cc(-c3ccccc3)cc(-c3ccccc3)c2)cccc1-c1cc(-c2ccccc2)cc(-c2ccccc2)c1. The van der Waals surface area contributed by atoms with Crippen LogP contribution in [0.15, 0.2) is 340 Å². The molecule has 0 saturated carbocycles. The van der Waals surface area contributed by atoms with Crippen LogP contribution in [0.1, 0.15) is 0 Å². The number of ether oxygens (including phenoxy) is 3. The fraction of sp³-hybridized carbons (Fsp3) is 0. The molecule has 0 spiro atoms. The van der Waals surface area contributed by atoms with Gasteiger partial charge in [0.25, 0.3) is 13.0 Å². The van der Waals surface area contributed by atoms with Crippen LogP contribution in [0.4, 0.5) is 17.1 Å². The third kappa shape index (κ3) is 9.23. The van der Waals surface area contributed by atoms with E-state index >= 15 is 0 Å². The zero-order chi connectivity index (χ0) is 65.1. The van der Waals surface area contributed by atoms with E-state index in [1.54, 1.807) is 0 Å². The largest absolute Gasteiger partial charge is 0.458 e. The van der Waals surface area contributed by atoms with Crippen LogP contribution in [-0.4, -0.2) is 20.8 Å². The van der Waals surface area contributed by atoms with Gasteiger partial charge < -0.3 is 19.1 Å². The Morgan fingerprint density at radius 3 is 1.43 bits per heavy atom. The predicted molar refractivity (Wildman–Crippen MR) is 401 cm³/mol. The summed E-state index contributed by atoms with van der Waals surface area (Å²) >= 11 is 0. The lowest BCUT2D eigenvalue weighted by Gasteiger charge is -2.42. The number of rotatable bonds is 12. The van der Waals surface area contributed by atoms with Gasteiger partial charge in [-0.05, 0) is 193 Å². The number of fused-ring (bicyclic) bond motifs is 5. The molecule has 17 aromatic rings. The number of nitrogens with zero attached hydrogens (tertiary/aromatic N) is 5. The number of para-hydroxylation sites is 4. The van der Waals surface area contributed by atoms with Gasteiger partial charge in [0, 0.05) is 46.2 Å². The van der Waals surface area contributed by atoms with Crippen molar-refractivity contribution in [1.29, 1.82) is 0 Å². The highest BCUT2D eigenvalue weighted by atomic mass is 16.5. The highest BCUT2D eigenvalue weighted by Crippen LogP contribution is 2.50. The zero-order valence-electron chi connectivity index (χ0n) is 53.4. The first kappa shape index (κ1) is 56.1. The minimum atomic E-state index is -0.115. The summed E-state index contributed by atoms with van der Waals surface area (Å²) in [4.78, 5) is 7.45. The Kier molecular flexibility index (Phi) is 12.9. The molecule has 6 heterocycles. The van der Waals surface area contributed by atoms with Crippen molar-refractivity contribution in [1.82, 2.24) is 14.1 Å². The maximum Gasteiger partial charge on any atom is 0.269 e. The third-order valence-electron chi connectivity index (χ3n) is 19.8. The molecule has 3 aliphatic heterocycles. The van der Waals surface area contributed by atoms with Gasteiger partial charge in [0.05, 0.1) is 39.0 Å². The average Bonchev–Trinajstić information content (AvgIpc) is 1.68. The van der Waals surface area contributed by atoms with Crippen LogP contribution >= 0.6 is 0 Å². The molecule has 14 aromatic carbocycles. The molecular weight excluding hydrogens is 1210 g/mol. The molecular formula is C90H56BN5O3. The van der Waals surface area contributed by atoms with Gasteiger partial charge in [-0.3, -0.25) is 13.7 Å². The molecule has 0 radical (unpaired) electrons. The second kappa shape index (κ2) is 22.7. The maximum atomic E-state index is 7.26. The number of hydrogen-bond donors (Lipinski definition) is 0. The Bertz CT molecular complexity index is 5820. The van der Waals surface area contributed by atoms with E-state index < -0.39 is 0 Å². The van der Waals surface area contributed by atoms with Gasteiger partial charge in [-0.25, -0.2) is 4.98 Å². The Balaban J connectivity index is 0.718. The van der Waals surface area contributed by atoms with Gasteiger partial charge in [0.15, 0.2) is 0 Å². The van der Waals surface area contributed by atoms with Crippen LogP contribution in [0, 0.1) is 6.33 Å². The monoisotopic (exact) mass is 1270 g/mol. The van der Waals surface area contributed by atoms with Crippen molar-refractivity contribution in [2.75, 3.05) is 4.90 Å². The quantitative estimate of drug-likeness (QED) is 0.0693. The lowest BCUT2D eigenvalue weighted by Crippen LogP contribution is -2.61. The molecule has 0 N–H and O–H groups in total. The van der Waals surface area contributed by atoms with Crippen molar-refractivity contribution in [3.63, 3.8) is 0 Å². The zero-order valence-corrected chi connectivity index (χ0v) is 53.4. The highest BCUT2D eigenvalue weighted by molar-refractivity contribution is 7.01. The van der Waals surface area contributed by atoms with Gasteiger partial charge in [0.1, 0.15) is 40.1 Å². The van der Waals surface area contributed by atoms with Gasteiger partial charge >= 0.3 is 0 Å². The maximum absolute atomic E-state index is 7.26. The molecule has 0 aliphatic carbocycles. The summed E-state index contributed by atoms with van der Waals surface area (Å²) in [5, 5.41) is 1.95. The fourth-order valence-corrected chi connectivity index (χ4v) is 15.5. The lowest BCUT2D eigenvalue weighted by molar-refractivity contribution is -0.571. The Morgan fingerprint density at radius 1 is 0.364 bits per heavy atom. The molecule has 0 fully saturated rings. The van der Waals surface area contributed by atoms with E-state index in [9.17, 15) is 0 Å². The smallest absolute Gasteiger partial charge is 0.269 e. The van der Waals surface area contributed by atoms with Crippen molar-refractivity contribution < 1.29 is 18.8 Å². The summed E-state index contributed by atoms with van der Waals surface area (Å²) in [7, 11) is 0. The van der Waals surface area contributed by atoms with Gasteiger partial charge in [0.2, 0.25) is 0 Å². The molecule has 9 heteroatoms. The van der Waals surface area contributed by atoms with E-state index in [4.69, 9.17) is 19.2 Å². The number of aromatic nitrogens is 4. The number of imidazole rings is 1. The lowest BCUT2D eigenvalue weighted by atomic mass is 9.33. The summed E-state index contributed by atoms with van der Waals surface area (Å²) in [5.74, 6) is 4.52. The van der Waals surface area contributed by atoms with E-state index in [1.807, 2.05) is 30.5 Å². The van der Waals surface area contributed by atoms with Crippen molar-refractivity contribution in [2.45, 2.75) is 0 Å². The van der Waals surface area contributed by atoms with Crippen LogP contribution < -0.4 is 40.1 Å². The molecule has 0 unspecified atom stereocenters. The molecule has 3 aromatic heterocycles. The van der Waals surface area contributed by atoms with E-state index in [2.05, 4.69) is 334 Å². The van der Waals surface area contributed by atoms with Gasteiger partial charge in [-0.1, -0.05) is 206 Å². The third-order valence-corrected chi connectivity index (χ3v) is 19.8. The second-order valence-corrected chi connectivity index (χ2v) is 25.5. The van der Waals surface area contributed by atoms with Crippen LogP contribution in [0.2, 0.25) is 0 Å². The van der Waals surface area contributed by atoms with E-state index in [1.165, 1.54) is 0 Å². The molecule has 20 rings (SSSR count). The number of anilines is 3. The van der Waals surface area contributed by atoms with Crippen molar-refractivity contribution >= 4 is 73.1 Å². The molecule has 0 amide bonds. The first-order valence-electron chi connectivity index (χ1n) is 33.5. The first-order chi connectivity index (χ1) is 49.1. The molecule has 0 bridgehead atoms. The summed E-state index contributed by atoms with van der Waals surface area (Å²) in [6, 6.07) is 118. The van der Waals surface area contributed by atoms with E-state index in [0.717, 1.165) is 173 Å². The van der Waals surface area contributed by atoms with Crippen molar-refractivity contribution in [2.24, 2.45) is 0 Å². The molecule has 99 heavy (non-hydrogen) atoms.